The van der Waals surface area contributed by atoms with Gasteiger partial charge in [0, 0.05) is 38.6 Å². The molecule has 2 saturated heterocycles. The second-order valence-electron chi connectivity index (χ2n) is 8.04. The number of rotatable bonds is 3. The lowest BCUT2D eigenvalue weighted by molar-refractivity contribution is -0.141. The Morgan fingerprint density at radius 2 is 2.09 bits per heavy atom. The molecule has 4 rings (SSSR count). The van der Waals surface area contributed by atoms with Crippen molar-refractivity contribution in [1.29, 1.82) is 0 Å². The Morgan fingerprint density at radius 3 is 2.83 bits per heavy atom. The predicted molar refractivity (Wildman–Crippen MR) is 87.7 cm³/mol. The van der Waals surface area contributed by atoms with E-state index in [1.165, 1.54) is 25.7 Å². The van der Waals surface area contributed by atoms with E-state index in [1.54, 1.807) is 0 Å². The number of piperidine rings is 1. The minimum atomic E-state index is 0.198. The summed E-state index contributed by atoms with van der Waals surface area (Å²) in [7, 11) is 0. The molecule has 4 unspecified atom stereocenters. The number of carbonyl (C=O) groups excluding carboxylic acids is 2. The third kappa shape index (κ3) is 3.12. The predicted octanol–water partition coefficient (Wildman–Crippen LogP) is 1.24. The van der Waals surface area contributed by atoms with Crippen LogP contribution in [0.5, 0.6) is 0 Å². The van der Waals surface area contributed by atoms with Crippen molar-refractivity contribution in [2.24, 2.45) is 17.8 Å². The van der Waals surface area contributed by atoms with Crippen LogP contribution in [0.1, 0.15) is 44.9 Å². The molecule has 0 radical (unpaired) electrons. The Morgan fingerprint density at radius 1 is 1.17 bits per heavy atom. The van der Waals surface area contributed by atoms with Gasteiger partial charge < -0.3 is 15.1 Å². The quantitative estimate of drug-likeness (QED) is 0.851. The Bertz CT molecular complexity index is 481. The molecule has 4 aliphatic rings. The van der Waals surface area contributed by atoms with Crippen LogP contribution in [0.4, 0.5) is 0 Å². The average molecular weight is 319 g/mol. The fraction of sp³-hybridized carbons (Fsp3) is 0.889. The Labute approximate surface area is 138 Å². The van der Waals surface area contributed by atoms with Crippen LogP contribution in [0.15, 0.2) is 0 Å². The fourth-order valence-corrected chi connectivity index (χ4v) is 5.42. The summed E-state index contributed by atoms with van der Waals surface area (Å²) in [6.07, 6.45) is 8.23. The van der Waals surface area contributed by atoms with Crippen LogP contribution in [-0.2, 0) is 9.59 Å². The lowest BCUT2D eigenvalue weighted by Gasteiger charge is -2.41. The smallest absolute Gasteiger partial charge is 0.236 e. The number of hydrogen-bond donors (Lipinski definition) is 1. The van der Waals surface area contributed by atoms with E-state index < -0.39 is 0 Å². The van der Waals surface area contributed by atoms with Crippen molar-refractivity contribution in [3.63, 3.8) is 0 Å². The van der Waals surface area contributed by atoms with Gasteiger partial charge >= 0.3 is 0 Å². The number of carbonyl (C=O) groups is 2. The molecule has 0 spiro atoms. The van der Waals surface area contributed by atoms with Crippen LogP contribution in [0, 0.1) is 17.8 Å². The molecule has 4 atom stereocenters. The van der Waals surface area contributed by atoms with Crippen LogP contribution in [0.2, 0.25) is 0 Å². The van der Waals surface area contributed by atoms with Gasteiger partial charge in [-0.15, -0.1) is 0 Å². The highest BCUT2D eigenvalue weighted by Gasteiger charge is 2.41. The zero-order valence-electron chi connectivity index (χ0n) is 14.0. The van der Waals surface area contributed by atoms with Gasteiger partial charge in [-0.1, -0.05) is 6.42 Å². The van der Waals surface area contributed by atoms with Crippen molar-refractivity contribution in [1.82, 2.24) is 15.1 Å². The summed E-state index contributed by atoms with van der Waals surface area (Å²) in [5, 5.41) is 3.13. The van der Waals surface area contributed by atoms with E-state index in [0.29, 0.717) is 18.4 Å². The molecule has 2 heterocycles. The molecule has 128 valence electrons. The van der Waals surface area contributed by atoms with E-state index in [0.717, 1.165) is 57.3 Å². The first kappa shape index (κ1) is 15.4. The van der Waals surface area contributed by atoms with Crippen molar-refractivity contribution in [2.75, 3.05) is 32.7 Å². The summed E-state index contributed by atoms with van der Waals surface area (Å²) in [5.41, 5.74) is 0. The lowest BCUT2D eigenvalue weighted by atomic mass is 9.86. The van der Waals surface area contributed by atoms with Crippen molar-refractivity contribution >= 4 is 11.8 Å². The topological polar surface area (TPSA) is 52.7 Å². The maximum absolute atomic E-state index is 12.8. The maximum atomic E-state index is 12.8. The monoisotopic (exact) mass is 319 g/mol. The van der Waals surface area contributed by atoms with Crippen molar-refractivity contribution in [3.05, 3.63) is 0 Å². The standard InChI is InChI=1S/C18H29N3O2/c22-17(10-15-9-13-3-4-14(15)8-13)20-6-1-2-16(12-20)21-7-5-19-11-18(21)23/h13-16,19H,1-12H2. The number of fused-ring (bicyclic) bond motifs is 2. The molecule has 1 N–H and O–H groups in total. The van der Waals surface area contributed by atoms with Gasteiger partial charge in [-0.25, -0.2) is 0 Å². The Hall–Kier alpha value is -1.10. The van der Waals surface area contributed by atoms with Gasteiger partial charge in [0.1, 0.15) is 0 Å². The van der Waals surface area contributed by atoms with Crippen molar-refractivity contribution in [3.8, 4) is 0 Å². The van der Waals surface area contributed by atoms with Gasteiger partial charge in [-0.3, -0.25) is 9.59 Å². The van der Waals surface area contributed by atoms with Gasteiger partial charge in [0.25, 0.3) is 0 Å². The molecule has 0 aromatic rings. The molecule has 2 aliphatic heterocycles. The maximum Gasteiger partial charge on any atom is 0.236 e. The van der Waals surface area contributed by atoms with Gasteiger partial charge in [0.15, 0.2) is 0 Å². The molecule has 2 aliphatic carbocycles. The van der Waals surface area contributed by atoms with Gasteiger partial charge in [0.2, 0.25) is 11.8 Å². The van der Waals surface area contributed by atoms with Crippen LogP contribution >= 0.6 is 0 Å². The molecule has 2 amide bonds. The zero-order chi connectivity index (χ0) is 15.8. The van der Waals surface area contributed by atoms with Crippen LogP contribution < -0.4 is 5.32 Å². The first-order chi connectivity index (χ1) is 11.2. The molecule has 0 aromatic carbocycles. The number of likely N-dealkylation sites (tertiary alicyclic amines) is 1. The number of nitrogens with zero attached hydrogens (tertiary/aromatic N) is 2. The van der Waals surface area contributed by atoms with Crippen LogP contribution in [-0.4, -0.2) is 60.4 Å². The Kier molecular flexibility index (Phi) is 4.31. The molecule has 2 saturated carbocycles. The molecule has 4 fully saturated rings. The second-order valence-corrected chi connectivity index (χ2v) is 8.04. The third-order valence-corrected chi connectivity index (χ3v) is 6.64. The normalized spacial score (nSPS) is 37.5. The van der Waals surface area contributed by atoms with E-state index in [2.05, 4.69) is 10.2 Å². The van der Waals surface area contributed by atoms with Crippen LogP contribution in [0.3, 0.4) is 0 Å². The summed E-state index contributed by atoms with van der Waals surface area (Å²) < 4.78 is 0. The van der Waals surface area contributed by atoms with Crippen LogP contribution in [0.25, 0.3) is 0 Å². The highest BCUT2D eigenvalue weighted by Crippen LogP contribution is 2.49. The highest BCUT2D eigenvalue weighted by atomic mass is 16.2. The second kappa shape index (κ2) is 6.42. The molecular formula is C18H29N3O2. The average Bonchev–Trinajstić information content (AvgIpc) is 3.18. The van der Waals surface area contributed by atoms with Gasteiger partial charge in [-0.2, -0.15) is 0 Å². The third-order valence-electron chi connectivity index (χ3n) is 6.64. The molecule has 5 heteroatoms. The Balaban J connectivity index is 1.33. The number of hydrogen-bond acceptors (Lipinski definition) is 3. The molecule has 0 aromatic heterocycles. The van der Waals surface area contributed by atoms with Crippen molar-refractivity contribution < 1.29 is 9.59 Å². The van der Waals surface area contributed by atoms with Gasteiger partial charge in [-0.05, 0) is 49.9 Å². The fourth-order valence-electron chi connectivity index (χ4n) is 5.42. The molecule has 23 heavy (non-hydrogen) atoms. The van der Waals surface area contributed by atoms with E-state index in [1.807, 2.05) is 4.90 Å². The summed E-state index contributed by atoms with van der Waals surface area (Å²) in [6.45, 7) is 3.76. The minimum absolute atomic E-state index is 0.198. The summed E-state index contributed by atoms with van der Waals surface area (Å²) >= 11 is 0. The first-order valence-corrected chi connectivity index (χ1v) is 9.48. The van der Waals surface area contributed by atoms with E-state index in [4.69, 9.17) is 0 Å². The highest BCUT2D eigenvalue weighted by molar-refractivity contribution is 5.80. The molecular weight excluding hydrogens is 290 g/mol. The van der Waals surface area contributed by atoms with E-state index in [9.17, 15) is 9.59 Å². The molecule has 2 bridgehead atoms. The van der Waals surface area contributed by atoms with E-state index in [-0.39, 0.29) is 11.9 Å². The largest absolute Gasteiger partial charge is 0.341 e. The number of piperazine rings is 1. The summed E-state index contributed by atoms with van der Waals surface area (Å²) in [6, 6.07) is 0.238. The summed E-state index contributed by atoms with van der Waals surface area (Å²) in [4.78, 5) is 28.9. The zero-order valence-corrected chi connectivity index (χ0v) is 14.0. The summed E-state index contributed by atoms with van der Waals surface area (Å²) in [5.74, 6) is 2.91. The van der Waals surface area contributed by atoms with E-state index >= 15 is 0 Å². The first-order valence-electron chi connectivity index (χ1n) is 9.48. The lowest BCUT2D eigenvalue weighted by Crippen LogP contribution is -2.57. The van der Waals surface area contributed by atoms with Crippen molar-refractivity contribution in [2.45, 2.75) is 51.0 Å². The minimum Gasteiger partial charge on any atom is -0.341 e. The number of nitrogens with one attached hydrogen (secondary N) is 1. The SMILES string of the molecule is O=C(CC1CC2CCC1C2)N1CCCC(N2CCNCC2=O)C1. The number of amides is 2. The molecule has 5 nitrogen and oxygen atoms in total. The van der Waals surface area contributed by atoms with Gasteiger partial charge in [0.05, 0.1) is 6.54 Å².